The summed E-state index contributed by atoms with van der Waals surface area (Å²) in [6, 6.07) is 84.2. The molecule has 330 valence electrons. The van der Waals surface area contributed by atoms with Crippen molar-refractivity contribution >= 4 is 79.0 Å². The minimum Gasteiger partial charge on any atom is -0.311 e. The Morgan fingerprint density at radius 1 is 0.319 bits per heavy atom. The van der Waals surface area contributed by atoms with Gasteiger partial charge in [0.15, 0.2) is 0 Å². The van der Waals surface area contributed by atoms with E-state index in [4.69, 9.17) is 0 Å². The molecule has 0 unspecified atom stereocenters. The fourth-order valence-electron chi connectivity index (χ4n) is 11.2. The summed E-state index contributed by atoms with van der Waals surface area (Å²) in [6.45, 7) is -0.000752. The van der Waals surface area contributed by atoms with Crippen LogP contribution in [-0.2, 0) is 0 Å². The van der Waals surface area contributed by atoms with Crippen molar-refractivity contribution in [1.29, 1.82) is 21.0 Å². The van der Waals surface area contributed by atoms with Gasteiger partial charge < -0.3 is 14.4 Å². The second-order valence-electron chi connectivity index (χ2n) is 18.2. The van der Waals surface area contributed by atoms with Gasteiger partial charge in [-0.25, -0.2) is 0 Å². The van der Waals surface area contributed by atoms with E-state index in [9.17, 15) is 21.0 Å². The first-order valence-corrected chi connectivity index (χ1v) is 23.7. The highest BCUT2D eigenvalue weighted by Crippen LogP contribution is 2.47. The van der Waals surface area contributed by atoms with E-state index in [0.717, 1.165) is 83.9 Å². The number of rotatable bonds is 6. The first kappa shape index (κ1) is 41.8. The normalized spacial score (nSPS) is 12.0. The van der Waals surface area contributed by atoms with Crippen LogP contribution in [0.5, 0.6) is 0 Å². The Morgan fingerprint density at radius 3 is 1.35 bits per heavy atom. The molecule has 0 spiro atoms. The first-order valence-electron chi connectivity index (χ1n) is 23.7. The van der Waals surface area contributed by atoms with Crippen LogP contribution in [0.2, 0.25) is 0 Å². The molecular weight excluding hydrogens is 878 g/mol. The van der Waals surface area contributed by atoms with Crippen LogP contribution in [0.15, 0.2) is 218 Å². The van der Waals surface area contributed by atoms with Crippen LogP contribution in [0.25, 0.3) is 60.9 Å². The number of hydrogen-bond donors (Lipinski definition) is 0. The quantitative estimate of drug-likeness (QED) is 0.154. The fraction of sp³-hybridized carbons (Fsp3) is 0. The van der Waals surface area contributed by atoms with Gasteiger partial charge in [-0.3, -0.25) is 0 Å². The summed E-state index contributed by atoms with van der Waals surface area (Å²) in [7, 11) is 0. The standard InChI is InChI=1S/C64H36BN7/c66-37-41-27-42(38-67)30-47(29-41)45-23-25-58(53(33-45)49-31-43(39-68)28-44(32-49)40-69)72-57-20-10-7-17-52(57)54-34-46(24-26-59(54)72)48-35-62-64-63(36-48)71(51-15-5-2-6-16-51)61-22-12-9-19-56(61)65(64)55-18-8-11-21-60(55)70(62)50-13-3-1-4-14-50/h1-36H. The van der Waals surface area contributed by atoms with Gasteiger partial charge in [-0.05, 0) is 159 Å². The zero-order chi connectivity index (χ0) is 48.5. The summed E-state index contributed by atoms with van der Waals surface area (Å²) in [5.74, 6) is 0. The number of anilines is 6. The van der Waals surface area contributed by atoms with Crippen molar-refractivity contribution in [3.63, 3.8) is 0 Å². The fourth-order valence-corrected chi connectivity index (χ4v) is 11.2. The molecule has 1 aromatic heterocycles. The smallest absolute Gasteiger partial charge is 0.252 e. The molecule has 2 aliphatic rings. The zero-order valence-corrected chi connectivity index (χ0v) is 38.5. The highest BCUT2D eigenvalue weighted by atomic mass is 15.2. The highest BCUT2D eigenvalue weighted by Gasteiger charge is 2.43. The van der Waals surface area contributed by atoms with Crippen molar-refractivity contribution in [1.82, 2.24) is 4.57 Å². The maximum absolute atomic E-state index is 10.1. The molecule has 0 saturated carbocycles. The minimum absolute atomic E-state index is 0.000752. The van der Waals surface area contributed by atoms with E-state index in [2.05, 4.69) is 202 Å². The topological polar surface area (TPSA) is 107 Å². The van der Waals surface area contributed by atoms with Crippen LogP contribution in [-0.4, -0.2) is 11.3 Å². The van der Waals surface area contributed by atoms with Crippen LogP contribution < -0.4 is 26.2 Å². The maximum atomic E-state index is 10.1. The first-order chi connectivity index (χ1) is 35.5. The second-order valence-corrected chi connectivity index (χ2v) is 18.2. The maximum Gasteiger partial charge on any atom is 0.252 e. The molecule has 0 fully saturated rings. The van der Waals surface area contributed by atoms with E-state index in [-0.39, 0.29) is 6.71 Å². The van der Waals surface area contributed by atoms with Crippen LogP contribution in [0, 0.1) is 45.3 Å². The molecule has 7 nitrogen and oxygen atoms in total. The Balaban J connectivity index is 1.06. The number of fused-ring (bicyclic) bond motifs is 7. The SMILES string of the molecule is N#Cc1cc(C#N)cc(-c2ccc(-n3c4ccccc4c4cc(-c5cc6c7c(c5)N(c5ccccc5)c5ccccc5B7c5ccccc5N6c5ccccc5)ccc43)c(-c3cc(C#N)cc(C#N)c3)c2)c1. The molecule has 0 aliphatic carbocycles. The van der Waals surface area contributed by atoms with Crippen LogP contribution in [0.1, 0.15) is 22.3 Å². The van der Waals surface area contributed by atoms with Gasteiger partial charge in [0, 0.05) is 50.5 Å². The van der Waals surface area contributed by atoms with E-state index in [0.29, 0.717) is 33.4 Å². The molecule has 13 rings (SSSR count). The Hall–Kier alpha value is -10.4. The molecule has 8 heteroatoms. The van der Waals surface area contributed by atoms with Gasteiger partial charge in [0.05, 0.1) is 63.3 Å². The average Bonchev–Trinajstić information content (AvgIpc) is 3.78. The summed E-state index contributed by atoms with van der Waals surface area (Å²) in [5, 5.41) is 42.2. The lowest BCUT2D eigenvalue weighted by atomic mass is 9.33. The number of benzene rings is 10. The Kier molecular flexibility index (Phi) is 9.69. The summed E-state index contributed by atoms with van der Waals surface area (Å²) >= 11 is 0. The van der Waals surface area contributed by atoms with Crippen molar-refractivity contribution in [2.24, 2.45) is 0 Å². The summed E-state index contributed by atoms with van der Waals surface area (Å²) in [5.41, 5.74) is 19.9. The zero-order valence-electron chi connectivity index (χ0n) is 38.5. The predicted molar refractivity (Wildman–Crippen MR) is 290 cm³/mol. The molecular formula is C64H36BN7. The lowest BCUT2D eigenvalue weighted by Crippen LogP contribution is -2.61. The van der Waals surface area contributed by atoms with Gasteiger partial charge in [-0.2, -0.15) is 21.0 Å². The van der Waals surface area contributed by atoms with E-state index in [1.165, 1.54) is 16.4 Å². The van der Waals surface area contributed by atoms with Gasteiger partial charge in [0.1, 0.15) is 0 Å². The number of hydrogen-bond acceptors (Lipinski definition) is 6. The molecule has 0 saturated heterocycles. The molecule has 2 aliphatic heterocycles. The molecule has 0 radical (unpaired) electrons. The molecule has 3 heterocycles. The molecule has 11 aromatic rings. The van der Waals surface area contributed by atoms with Gasteiger partial charge in [-0.1, -0.05) is 103 Å². The van der Waals surface area contributed by atoms with Crippen molar-refractivity contribution < 1.29 is 0 Å². The van der Waals surface area contributed by atoms with Crippen molar-refractivity contribution in [2.45, 2.75) is 0 Å². The number of nitriles is 4. The van der Waals surface area contributed by atoms with E-state index in [1.54, 1.807) is 24.3 Å². The number of nitrogens with zero attached hydrogens (tertiary/aromatic N) is 7. The van der Waals surface area contributed by atoms with Gasteiger partial charge in [-0.15, -0.1) is 0 Å². The Labute approximate surface area is 416 Å². The summed E-state index contributed by atoms with van der Waals surface area (Å²) in [4.78, 5) is 4.86. The molecule has 0 amide bonds. The van der Waals surface area contributed by atoms with Gasteiger partial charge in [0.2, 0.25) is 0 Å². The monoisotopic (exact) mass is 913 g/mol. The molecule has 0 N–H and O–H groups in total. The average molecular weight is 914 g/mol. The highest BCUT2D eigenvalue weighted by molar-refractivity contribution is 7.00. The molecule has 0 bridgehead atoms. The van der Waals surface area contributed by atoms with Crippen LogP contribution in [0.4, 0.5) is 34.1 Å². The second kappa shape index (κ2) is 16.7. The van der Waals surface area contributed by atoms with Crippen molar-refractivity contribution in [3.05, 3.63) is 241 Å². The van der Waals surface area contributed by atoms with Gasteiger partial charge in [0.25, 0.3) is 6.71 Å². The van der Waals surface area contributed by atoms with E-state index in [1.807, 2.05) is 30.3 Å². The third-order valence-electron chi connectivity index (χ3n) is 14.2. The molecule has 72 heavy (non-hydrogen) atoms. The van der Waals surface area contributed by atoms with Crippen molar-refractivity contribution in [3.8, 4) is 63.3 Å². The molecule has 10 aromatic carbocycles. The van der Waals surface area contributed by atoms with Gasteiger partial charge >= 0.3 is 0 Å². The molecule has 0 atom stereocenters. The van der Waals surface area contributed by atoms with Crippen molar-refractivity contribution in [2.75, 3.05) is 9.80 Å². The Morgan fingerprint density at radius 2 is 0.778 bits per heavy atom. The van der Waals surface area contributed by atoms with E-state index >= 15 is 0 Å². The largest absolute Gasteiger partial charge is 0.311 e. The third kappa shape index (κ3) is 6.57. The predicted octanol–water partition coefficient (Wildman–Crippen LogP) is 13.4. The van der Waals surface area contributed by atoms with E-state index < -0.39 is 0 Å². The lowest BCUT2D eigenvalue weighted by molar-refractivity contribution is 1.18. The summed E-state index contributed by atoms with van der Waals surface area (Å²) < 4.78 is 2.26. The number of para-hydroxylation sites is 5. The Bertz CT molecular complexity index is 4070. The minimum atomic E-state index is -0.000752. The number of aromatic nitrogens is 1. The lowest BCUT2D eigenvalue weighted by Gasteiger charge is -2.44. The van der Waals surface area contributed by atoms with Crippen LogP contribution in [0.3, 0.4) is 0 Å². The summed E-state index contributed by atoms with van der Waals surface area (Å²) in [6.07, 6.45) is 0. The van der Waals surface area contributed by atoms with Crippen LogP contribution >= 0.6 is 0 Å². The third-order valence-corrected chi connectivity index (χ3v) is 14.2.